The summed E-state index contributed by atoms with van der Waals surface area (Å²) in [5.41, 5.74) is 2.37. The molecule has 0 unspecified atom stereocenters. The summed E-state index contributed by atoms with van der Waals surface area (Å²) in [7, 11) is 0. The molecule has 0 aliphatic rings. The fourth-order valence-electron chi connectivity index (χ4n) is 1.77. The SMILES string of the molecule is CCCc1c(Cl)ncnc1NCCc1ccsc1. The van der Waals surface area contributed by atoms with Crippen LogP contribution < -0.4 is 5.32 Å². The van der Waals surface area contributed by atoms with Crippen LogP contribution in [0.3, 0.4) is 0 Å². The van der Waals surface area contributed by atoms with Gasteiger partial charge in [-0.1, -0.05) is 24.9 Å². The molecular formula is C13H16ClN3S. The van der Waals surface area contributed by atoms with Crippen molar-refractivity contribution in [2.75, 3.05) is 11.9 Å². The van der Waals surface area contributed by atoms with Crippen LogP contribution in [0, 0.1) is 0 Å². The molecule has 0 aliphatic carbocycles. The van der Waals surface area contributed by atoms with Crippen molar-refractivity contribution >= 4 is 28.8 Å². The molecule has 2 heterocycles. The number of aromatic nitrogens is 2. The van der Waals surface area contributed by atoms with E-state index in [0.29, 0.717) is 5.15 Å². The molecule has 0 amide bonds. The molecule has 0 atom stereocenters. The number of anilines is 1. The summed E-state index contributed by atoms with van der Waals surface area (Å²) < 4.78 is 0. The third kappa shape index (κ3) is 3.43. The zero-order valence-corrected chi connectivity index (χ0v) is 11.9. The van der Waals surface area contributed by atoms with Crippen molar-refractivity contribution in [3.63, 3.8) is 0 Å². The van der Waals surface area contributed by atoms with Gasteiger partial charge in [0.2, 0.25) is 0 Å². The minimum Gasteiger partial charge on any atom is -0.369 e. The van der Waals surface area contributed by atoms with Crippen LogP contribution in [-0.4, -0.2) is 16.5 Å². The summed E-state index contributed by atoms with van der Waals surface area (Å²) in [4.78, 5) is 8.31. The summed E-state index contributed by atoms with van der Waals surface area (Å²) in [5, 5.41) is 8.17. The van der Waals surface area contributed by atoms with Crippen LogP contribution in [0.1, 0.15) is 24.5 Å². The Morgan fingerprint density at radius 1 is 1.33 bits per heavy atom. The zero-order valence-electron chi connectivity index (χ0n) is 10.3. The number of hydrogen-bond acceptors (Lipinski definition) is 4. The van der Waals surface area contributed by atoms with Gasteiger partial charge in [-0.05, 0) is 35.2 Å². The molecule has 0 radical (unpaired) electrons. The van der Waals surface area contributed by atoms with Crippen LogP contribution in [0.5, 0.6) is 0 Å². The lowest BCUT2D eigenvalue weighted by Crippen LogP contribution is -2.09. The summed E-state index contributed by atoms with van der Waals surface area (Å²) in [6.45, 7) is 2.99. The maximum absolute atomic E-state index is 6.10. The smallest absolute Gasteiger partial charge is 0.137 e. The van der Waals surface area contributed by atoms with Gasteiger partial charge in [-0.25, -0.2) is 9.97 Å². The van der Waals surface area contributed by atoms with Crippen molar-refractivity contribution in [1.82, 2.24) is 9.97 Å². The second-order valence-corrected chi connectivity index (χ2v) is 5.19. The number of hydrogen-bond donors (Lipinski definition) is 1. The third-order valence-electron chi connectivity index (χ3n) is 2.68. The van der Waals surface area contributed by atoms with Gasteiger partial charge in [0.05, 0.1) is 0 Å². The van der Waals surface area contributed by atoms with E-state index in [9.17, 15) is 0 Å². The van der Waals surface area contributed by atoms with Crippen LogP contribution in [-0.2, 0) is 12.8 Å². The monoisotopic (exact) mass is 281 g/mol. The maximum atomic E-state index is 6.10. The molecule has 0 aromatic carbocycles. The second kappa shape index (κ2) is 6.71. The predicted molar refractivity (Wildman–Crippen MR) is 77.5 cm³/mol. The molecule has 1 N–H and O–H groups in total. The van der Waals surface area contributed by atoms with Gasteiger partial charge >= 0.3 is 0 Å². The summed E-state index contributed by atoms with van der Waals surface area (Å²) in [6, 6.07) is 2.15. The van der Waals surface area contributed by atoms with Crippen molar-refractivity contribution in [2.45, 2.75) is 26.2 Å². The Kier molecular flexibility index (Phi) is 4.96. The van der Waals surface area contributed by atoms with Gasteiger partial charge in [-0.2, -0.15) is 11.3 Å². The van der Waals surface area contributed by atoms with Crippen molar-refractivity contribution in [2.24, 2.45) is 0 Å². The first kappa shape index (κ1) is 13.3. The fourth-order valence-corrected chi connectivity index (χ4v) is 2.71. The topological polar surface area (TPSA) is 37.8 Å². The molecule has 0 bridgehead atoms. The number of nitrogens with zero attached hydrogens (tertiary/aromatic N) is 2. The highest BCUT2D eigenvalue weighted by Crippen LogP contribution is 2.21. The third-order valence-corrected chi connectivity index (χ3v) is 3.74. The molecule has 0 saturated heterocycles. The van der Waals surface area contributed by atoms with Gasteiger partial charge < -0.3 is 5.32 Å². The van der Waals surface area contributed by atoms with Crippen LogP contribution >= 0.6 is 22.9 Å². The van der Waals surface area contributed by atoms with Crippen LogP contribution in [0.25, 0.3) is 0 Å². The quantitative estimate of drug-likeness (QED) is 0.819. The van der Waals surface area contributed by atoms with Crippen molar-refractivity contribution in [3.8, 4) is 0 Å². The first-order chi connectivity index (χ1) is 8.81. The van der Waals surface area contributed by atoms with Crippen LogP contribution in [0.4, 0.5) is 5.82 Å². The number of thiophene rings is 1. The predicted octanol–water partition coefficient (Wildman–Crippen LogP) is 3.80. The minimum absolute atomic E-state index is 0.560. The summed E-state index contributed by atoms with van der Waals surface area (Å²) in [6.07, 6.45) is 4.44. The van der Waals surface area contributed by atoms with Gasteiger partial charge in [-0.15, -0.1) is 0 Å². The lowest BCUT2D eigenvalue weighted by Gasteiger charge is -2.10. The Labute approximate surface area is 116 Å². The van der Waals surface area contributed by atoms with Crippen LogP contribution in [0.15, 0.2) is 23.2 Å². The van der Waals surface area contributed by atoms with E-state index < -0.39 is 0 Å². The highest BCUT2D eigenvalue weighted by molar-refractivity contribution is 7.07. The molecule has 0 fully saturated rings. The molecule has 0 spiro atoms. The van der Waals surface area contributed by atoms with Gasteiger partial charge in [0.15, 0.2) is 0 Å². The van der Waals surface area contributed by atoms with Crippen LogP contribution in [0.2, 0.25) is 5.15 Å². The molecule has 0 saturated carbocycles. The second-order valence-electron chi connectivity index (χ2n) is 4.05. The number of rotatable bonds is 6. The van der Waals surface area contributed by atoms with E-state index in [2.05, 4.69) is 39.0 Å². The average Bonchev–Trinajstić information content (AvgIpc) is 2.86. The van der Waals surface area contributed by atoms with E-state index in [1.165, 1.54) is 11.9 Å². The first-order valence-corrected chi connectivity index (χ1v) is 7.37. The molecular weight excluding hydrogens is 266 g/mol. The molecule has 96 valence electrons. The highest BCUT2D eigenvalue weighted by Gasteiger charge is 2.08. The van der Waals surface area contributed by atoms with Gasteiger partial charge in [0, 0.05) is 12.1 Å². The lowest BCUT2D eigenvalue weighted by atomic mass is 10.2. The number of nitrogens with one attached hydrogen (secondary N) is 1. The van der Waals surface area contributed by atoms with Crippen molar-refractivity contribution < 1.29 is 0 Å². The van der Waals surface area contributed by atoms with Gasteiger partial charge in [-0.3, -0.25) is 0 Å². The maximum Gasteiger partial charge on any atom is 0.137 e. The molecule has 2 rings (SSSR count). The van der Waals surface area contributed by atoms with E-state index in [-0.39, 0.29) is 0 Å². The van der Waals surface area contributed by atoms with E-state index in [1.54, 1.807) is 11.3 Å². The van der Waals surface area contributed by atoms with Crippen molar-refractivity contribution in [1.29, 1.82) is 0 Å². The zero-order chi connectivity index (χ0) is 12.8. The van der Waals surface area contributed by atoms with E-state index in [1.807, 2.05) is 0 Å². The summed E-state index contributed by atoms with van der Waals surface area (Å²) in [5.74, 6) is 0.868. The Hall–Kier alpha value is -1.13. The Bertz CT molecular complexity index is 485. The van der Waals surface area contributed by atoms with Gasteiger partial charge in [0.25, 0.3) is 0 Å². The number of halogens is 1. The van der Waals surface area contributed by atoms with Crippen molar-refractivity contribution in [3.05, 3.63) is 39.4 Å². The minimum atomic E-state index is 0.560. The van der Waals surface area contributed by atoms with E-state index in [0.717, 1.165) is 37.2 Å². The molecule has 18 heavy (non-hydrogen) atoms. The standard InChI is InChI=1S/C13H16ClN3S/c1-2-3-11-12(14)16-9-17-13(11)15-6-4-10-5-7-18-8-10/h5,7-9H,2-4,6H2,1H3,(H,15,16,17). The molecule has 2 aromatic rings. The summed E-state index contributed by atoms with van der Waals surface area (Å²) >= 11 is 7.82. The fraction of sp³-hybridized carbons (Fsp3) is 0.385. The molecule has 0 aliphatic heterocycles. The molecule has 2 aromatic heterocycles. The highest BCUT2D eigenvalue weighted by atomic mass is 35.5. The normalized spacial score (nSPS) is 10.6. The van der Waals surface area contributed by atoms with E-state index >= 15 is 0 Å². The molecule has 5 heteroatoms. The average molecular weight is 282 g/mol. The molecule has 3 nitrogen and oxygen atoms in total. The Morgan fingerprint density at radius 2 is 2.22 bits per heavy atom. The largest absolute Gasteiger partial charge is 0.369 e. The Balaban J connectivity index is 1.98. The first-order valence-electron chi connectivity index (χ1n) is 6.05. The van der Waals surface area contributed by atoms with E-state index in [4.69, 9.17) is 11.6 Å². The lowest BCUT2D eigenvalue weighted by molar-refractivity contribution is 0.894. The van der Waals surface area contributed by atoms with Gasteiger partial charge in [0.1, 0.15) is 17.3 Å². The Morgan fingerprint density at radius 3 is 2.94 bits per heavy atom.